The monoisotopic (exact) mass is 588 g/mol. The van der Waals surface area contributed by atoms with Gasteiger partial charge in [0.15, 0.2) is 16.6 Å². The van der Waals surface area contributed by atoms with Crippen LogP contribution in [0.5, 0.6) is 0 Å². The highest BCUT2D eigenvalue weighted by Crippen LogP contribution is 2.58. The van der Waals surface area contributed by atoms with Crippen LogP contribution < -0.4 is 0 Å². The standard InChI is InChI=1S/C35H64O3Si2/c1-12-27-28(19-14-17-26-36)29-21-22-31(37-39(8,9)33(2,3)4)30(32(27)29)20-18-25-35(23-15-13-16-24-35)38-40(10,11)34(5,6)7/h19,27,29-32,36H,12-17,21-26H2,1-11H3/b28-19-. The number of fused-ring (bicyclic) bond motifs is 1. The predicted molar refractivity (Wildman–Crippen MR) is 176 cm³/mol. The lowest BCUT2D eigenvalue weighted by atomic mass is 9.50. The summed E-state index contributed by atoms with van der Waals surface area (Å²) in [5, 5.41) is 9.76. The molecule has 5 unspecified atom stereocenters. The predicted octanol–water partition coefficient (Wildman–Crippen LogP) is 9.88. The van der Waals surface area contributed by atoms with Crippen LogP contribution in [0.3, 0.4) is 0 Å². The minimum absolute atomic E-state index is 0.0722. The van der Waals surface area contributed by atoms with E-state index in [1.54, 1.807) is 5.57 Å². The first-order chi connectivity index (χ1) is 18.5. The topological polar surface area (TPSA) is 38.7 Å². The van der Waals surface area contributed by atoms with Gasteiger partial charge in [-0.15, -0.1) is 0 Å². The third-order valence-corrected chi connectivity index (χ3v) is 20.6. The van der Waals surface area contributed by atoms with Crippen molar-refractivity contribution >= 4 is 16.6 Å². The van der Waals surface area contributed by atoms with Gasteiger partial charge in [0.2, 0.25) is 0 Å². The van der Waals surface area contributed by atoms with Crippen molar-refractivity contribution in [2.75, 3.05) is 6.61 Å². The molecule has 3 fully saturated rings. The molecule has 0 heterocycles. The van der Waals surface area contributed by atoms with Gasteiger partial charge in [-0.05, 0) is 99.0 Å². The number of rotatable bonds is 9. The molecule has 3 rings (SSSR count). The fourth-order valence-corrected chi connectivity index (χ4v) is 10.1. The van der Waals surface area contributed by atoms with E-state index in [0.29, 0.717) is 23.7 Å². The van der Waals surface area contributed by atoms with E-state index in [0.717, 1.165) is 38.5 Å². The Morgan fingerprint density at radius 3 is 2.12 bits per heavy atom. The van der Waals surface area contributed by atoms with E-state index in [-0.39, 0.29) is 28.4 Å². The van der Waals surface area contributed by atoms with Crippen molar-refractivity contribution in [2.45, 2.75) is 167 Å². The first-order valence-corrected chi connectivity index (χ1v) is 22.5. The van der Waals surface area contributed by atoms with Crippen molar-refractivity contribution in [1.82, 2.24) is 0 Å². The smallest absolute Gasteiger partial charge is 0.192 e. The lowest BCUT2D eigenvalue weighted by Crippen LogP contribution is -2.55. The van der Waals surface area contributed by atoms with E-state index in [4.69, 9.17) is 8.85 Å². The molecule has 3 nitrogen and oxygen atoms in total. The summed E-state index contributed by atoms with van der Waals surface area (Å²) in [6.45, 7) is 26.4. The number of unbranched alkanes of at least 4 members (excludes halogenated alkanes) is 1. The molecule has 230 valence electrons. The van der Waals surface area contributed by atoms with Gasteiger partial charge in [0.1, 0.15) is 0 Å². The van der Waals surface area contributed by atoms with Crippen molar-refractivity contribution in [1.29, 1.82) is 0 Å². The summed E-state index contributed by atoms with van der Waals surface area (Å²) in [5.74, 6) is 9.93. The van der Waals surface area contributed by atoms with Crippen LogP contribution in [0.25, 0.3) is 0 Å². The summed E-state index contributed by atoms with van der Waals surface area (Å²) in [6, 6.07) is 0. The molecule has 0 spiro atoms. The summed E-state index contributed by atoms with van der Waals surface area (Å²) < 4.78 is 14.4. The Kier molecular flexibility index (Phi) is 11.2. The van der Waals surface area contributed by atoms with Crippen molar-refractivity contribution < 1.29 is 14.0 Å². The molecule has 0 aromatic heterocycles. The van der Waals surface area contributed by atoms with Gasteiger partial charge in [0.05, 0.1) is 11.7 Å². The number of hydrogen-bond donors (Lipinski definition) is 1. The Balaban J connectivity index is 1.91. The van der Waals surface area contributed by atoms with Crippen LogP contribution in [0.4, 0.5) is 0 Å². The molecule has 5 heteroatoms. The molecule has 0 saturated heterocycles. The number of allylic oxidation sites excluding steroid dienone is 2. The van der Waals surface area contributed by atoms with Gasteiger partial charge < -0.3 is 14.0 Å². The van der Waals surface area contributed by atoms with Crippen LogP contribution in [0.2, 0.25) is 36.3 Å². The summed E-state index contributed by atoms with van der Waals surface area (Å²) in [7, 11) is -3.79. The molecular formula is C35H64O3Si2. The van der Waals surface area contributed by atoms with E-state index < -0.39 is 16.6 Å². The molecule has 3 aliphatic carbocycles. The molecule has 0 amide bonds. The molecule has 0 aromatic carbocycles. The SMILES string of the molecule is CCC1/C(=C/CCCO)C2CCC(O[Si](C)(C)C(C)(C)C)C(C#CCC3(O[Si](C)(C)C(C)(C)C)CCCCC3)C12. The average Bonchev–Trinajstić information content (AvgIpc) is 2.82. The van der Waals surface area contributed by atoms with Gasteiger partial charge in [-0.1, -0.05) is 91.2 Å². The Labute approximate surface area is 250 Å². The lowest BCUT2D eigenvalue weighted by Gasteiger charge is -2.56. The zero-order valence-corrected chi connectivity index (χ0v) is 30.2. The first-order valence-electron chi connectivity index (χ1n) is 16.7. The lowest BCUT2D eigenvalue weighted by molar-refractivity contribution is -0.0139. The maximum absolute atomic E-state index is 9.35. The van der Waals surface area contributed by atoms with Crippen LogP contribution in [0, 0.1) is 35.5 Å². The van der Waals surface area contributed by atoms with Gasteiger partial charge in [-0.2, -0.15) is 0 Å². The fraction of sp³-hybridized carbons (Fsp3) is 0.886. The van der Waals surface area contributed by atoms with Gasteiger partial charge in [-0.3, -0.25) is 0 Å². The van der Waals surface area contributed by atoms with Gasteiger partial charge in [-0.25, -0.2) is 0 Å². The van der Waals surface area contributed by atoms with E-state index in [2.05, 4.69) is 92.6 Å². The molecule has 5 atom stereocenters. The van der Waals surface area contributed by atoms with E-state index >= 15 is 0 Å². The second kappa shape index (κ2) is 13.1. The van der Waals surface area contributed by atoms with E-state index in [9.17, 15) is 5.11 Å². The van der Waals surface area contributed by atoms with Crippen LogP contribution >= 0.6 is 0 Å². The van der Waals surface area contributed by atoms with E-state index in [1.807, 2.05) is 0 Å². The zero-order valence-electron chi connectivity index (χ0n) is 28.2. The maximum atomic E-state index is 9.35. The normalized spacial score (nSPS) is 30.3. The summed E-state index contributed by atoms with van der Waals surface area (Å²) in [4.78, 5) is 0. The first kappa shape index (κ1) is 34.1. The largest absolute Gasteiger partial charge is 0.413 e. The van der Waals surface area contributed by atoms with Crippen molar-refractivity contribution in [3.8, 4) is 11.8 Å². The Bertz CT molecular complexity index is 913. The van der Waals surface area contributed by atoms with Crippen LogP contribution in [-0.4, -0.2) is 40.1 Å². The molecule has 0 bridgehead atoms. The quantitative estimate of drug-likeness (QED) is 0.126. The maximum Gasteiger partial charge on any atom is 0.192 e. The van der Waals surface area contributed by atoms with E-state index in [1.165, 1.54) is 32.1 Å². The van der Waals surface area contributed by atoms with Gasteiger partial charge in [0.25, 0.3) is 0 Å². The zero-order chi connectivity index (χ0) is 30.0. The summed E-state index contributed by atoms with van der Waals surface area (Å²) in [6.07, 6.45) is 15.1. The molecule has 0 aliphatic heterocycles. The van der Waals surface area contributed by atoms with Crippen molar-refractivity contribution in [2.24, 2.45) is 23.7 Å². The van der Waals surface area contributed by atoms with Crippen LogP contribution in [0.1, 0.15) is 119 Å². The number of aliphatic hydroxyl groups is 1. The molecule has 40 heavy (non-hydrogen) atoms. The molecule has 3 aliphatic rings. The second-order valence-electron chi connectivity index (χ2n) is 16.4. The highest BCUT2D eigenvalue weighted by atomic mass is 28.4. The van der Waals surface area contributed by atoms with Crippen molar-refractivity contribution in [3.63, 3.8) is 0 Å². The highest BCUT2D eigenvalue weighted by Gasteiger charge is 2.54. The average molecular weight is 589 g/mol. The molecule has 1 N–H and O–H groups in total. The third-order valence-electron chi connectivity index (χ3n) is 11.5. The highest BCUT2D eigenvalue weighted by molar-refractivity contribution is 6.74. The van der Waals surface area contributed by atoms with Crippen LogP contribution in [-0.2, 0) is 8.85 Å². The summed E-state index contributed by atoms with van der Waals surface area (Å²) in [5.41, 5.74) is 1.58. The molecule has 0 radical (unpaired) electrons. The Morgan fingerprint density at radius 2 is 1.57 bits per heavy atom. The fourth-order valence-electron chi connectivity index (χ4n) is 7.09. The molecule has 0 aromatic rings. The van der Waals surface area contributed by atoms with Gasteiger partial charge in [0, 0.05) is 18.9 Å². The second-order valence-corrected chi connectivity index (χ2v) is 25.9. The molecule has 3 saturated carbocycles. The minimum Gasteiger partial charge on any atom is -0.413 e. The van der Waals surface area contributed by atoms with Crippen molar-refractivity contribution in [3.05, 3.63) is 11.6 Å². The minimum atomic E-state index is -1.91. The number of aliphatic hydroxyl groups excluding tert-OH is 1. The molecular weight excluding hydrogens is 525 g/mol. The third kappa shape index (κ3) is 7.57. The summed E-state index contributed by atoms with van der Waals surface area (Å²) >= 11 is 0. The number of hydrogen-bond acceptors (Lipinski definition) is 3. The Morgan fingerprint density at radius 1 is 0.950 bits per heavy atom. The Hall–Kier alpha value is -0.386. The van der Waals surface area contributed by atoms with Gasteiger partial charge >= 0.3 is 0 Å². The van der Waals surface area contributed by atoms with Crippen LogP contribution in [0.15, 0.2) is 11.6 Å².